The summed E-state index contributed by atoms with van der Waals surface area (Å²) in [7, 11) is 0. The molecule has 0 fully saturated rings. The van der Waals surface area contributed by atoms with Crippen LogP contribution in [-0.2, 0) is 28.6 Å². The highest BCUT2D eigenvalue weighted by Gasteiger charge is 2.19. The van der Waals surface area contributed by atoms with E-state index < -0.39 is 6.10 Å². The lowest BCUT2D eigenvalue weighted by molar-refractivity contribution is -0.167. The summed E-state index contributed by atoms with van der Waals surface area (Å²) in [6.45, 7) is 11.4. The van der Waals surface area contributed by atoms with E-state index in [1.54, 1.807) is 0 Å². The van der Waals surface area contributed by atoms with E-state index in [1.807, 2.05) is 0 Å². The monoisotopic (exact) mass is 849 g/mol. The second kappa shape index (κ2) is 46.9. The molecule has 6 heteroatoms. The zero-order valence-corrected chi connectivity index (χ0v) is 41.1. The molecule has 0 spiro atoms. The Morgan fingerprint density at radius 1 is 0.350 bits per heavy atom. The van der Waals surface area contributed by atoms with Gasteiger partial charge in [0.2, 0.25) is 0 Å². The van der Waals surface area contributed by atoms with Crippen LogP contribution < -0.4 is 0 Å². The second-order valence-corrected chi connectivity index (χ2v) is 19.2. The lowest BCUT2D eigenvalue weighted by atomic mass is 9.99. The number of hydrogen-bond acceptors (Lipinski definition) is 6. The SMILES string of the molecule is CCCCCCCCCCCCCCCCCC(=O)OC[C@@H](COC(=O)CCCCCCCCCCCCCCCCC(C)CC)OC(=O)CCCCCCCCC(C)C. The van der Waals surface area contributed by atoms with E-state index in [4.69, 9.17) is 14.2 Å². The van der Waals surface area contributed by atoms with Gasteiger partial charge in [-0.25, -0.2) is 0 Å². The molecule has 6 nitrogen and oxygen atoms in total. The summed E-state index contributed by atoms with van der Waals surface area (Å²) in [5.41, 5.74) is 0. The van der Waals surface area contributed by atoms with Crippen LogP contribution in [0.5, 0.6) is 0 Å². The molecule has 0 heterocycles. The Morgan fingerprint density at radius 2 is 0.633 bits per heavy atom. The number of carbonyl (C=O) groups is 3. The zero-order chi connectivity index (χ0) is 44.0. The Kier molecular flexibility index (Phi) is 45.7. The van der Waals surface area contributed by atoms with Gasteiger partial charge in [0.1, 0.15) is 13.2 Å². The molecule has 0 saturated heterocycles. The molecular formula is C54H104O6. The van der Waals surface area contributed by atoms with Gasteiger partial charge in [-0.05, 0) is 31.1 Å². The van der Waals surface area contributed by atoms with Crippen molar-refractivity contribution in [1.82, 2.24) is 0 Å². The first-order valence-electron chi connectivity index (χ1n) is 26.8. The van der Waals surface area contributed by atoms with Crippen molar-refractivity contribution in [2.24, 2.45) is 11.8 Å². The molecule has 0 aromatic heterocycles. The predicted octanol–water partition coefficient (Wildman–Crippen LogP) is 17.3. The molecule has 0 aromatic carbocycles. The van der Waals surface area contributed by atoms with E-state index in [0.29, 0.717) is 19.3 Å². The molecule has 0 aromatic rings. The first kappa shape index (κ1) is 58.4. The number of esters is 3. The minimum Gasteiger partial charge on any atom is -0.462 e. The Labute approximate surface area is 374 Å². The Bertz CT molecular complexity index is 918. The minimum absolute atomic E-state index is 0.0645. The van der Waals surface area contributed by atoms with Crippen molar-refractivity contribution in [2.75, 3.05) is 13.2 Å². The molecule has 0 bridgehead atoms. The molecule has 0 saturated carbocycles. The van der Waals surface area contributed by atoms with Crippen LogP contribution in [0.25, 0.3) is 0 Å². The van der Waals surface area contributed by atoms with Crippen molar-refractivity contribution in [3.8, 4) is 0 Å². The first-order chi connectivity index (χ1) is 29.3. The van der Waals surface area contributed by atoms with E-state index in [-0.39, 0.29) is 31.1 Å². The molecule has 0 aliphatic carbocycles. The van der Waals surface area contributed by atoms with E-state index in [9.17, 15) is 14.4 Å². The zero-order valence-electron chi connectivity index (χ0n) is 41.1. The molecule has 0 amide bonds. The summed E-state index contributed by atoms with van der Waals surface area (Å²) in [6.07, 6.45) is 48.1. The van der Waals surface area contributed by atoms with Crippen LogP contribution in [-0.4, -0.2) is 37.2 Å². The second-order valence-electron chi connectivity index (χ2n) is 19.2. The third kappa shape index (κ3) is 45.9. The highest BCUT2D eigenvalue weighted by molar-refractivity contribution is 5.71. The van der Waals surface area contributed by atoms with Crippen LogP contribution in [0, 0.1) is 11.8 Å². The largest absolute Gasteiger partial charge is 0.462 e. The highest BCUT2D eigenvalue weighted by Crippen LogP contribution is 2.18. The van der Waals surface area contributed by atoms with Crippen molar-refractivity contribution in [1.29, 1.82) is 0 Å². The van der Waals surface area contributed by atoms with Crippen LogP contribution >= 0.6 is 0 Å². The number of ether oxygens (including phenoxy) is 3. The summed E-state index contributed by atoms with van der Waals surface area (Å²) in [5, 5.41) is 0. The van der Waals surface area contributed by atoms with Crippen molar-refractivity contribution >= 4 is 17.9 Å². The van der Waals surface area contributed by atoms with Crippen LogP contribution in [0.1, 0.15) is 298 Å². The molecule has 0 aliphatic rings. The van der Waals surface area contributed by atoms with Gasteiger partial charge in [0.15, 0.2) is 6.10 Å². The van der Waals surface area contributed by atoms with Crippen molar-refractivity contribution in [2.45, 2.75) is 304 Å². The van der Waals surface area contributed by atoms with E-state index >= 15 is 0 Å². The Morgan fingerprint density at radius 3 is 0.950 bits per heavy atom. The van der Waals surface area contributed by atoms with Gasteiger partial charge in [-0.15, -0.1) is 0 Å². The quantitative estimate of drug-likeness (QED) is 0.0345. The summed E-state index contributed by atoms with van der Waals surface area (Å²) < 4.78 is 16.8. The molecule has 0 radical (unpaired) electrons. The van der Waals surface area contributed by atoms with Crippen LogP contribution in [0.15, 0.2) is 0 Å². The highest BCUT2D eigenvalue weighted by atomic mass is 16.6. The predicted molar refractivity (Wildman–Crippen MR) is 256 cm³/mol. The summed E-state index contributed by atoms with van der Waals surface area (Å²) in [6, 6.07) is 0. The fraction of sp³-hybridized carbons (Fsp3) is 0.944. The van der Waals surface area contributed by atoms with Crippen molar-refractivity contribution in [3.05, 3.63) is 0 Å². The van der Waals surface area contributed by atoms with Crippen LogP contribution in [0.2, 0.25) is 0 Å². The van der Waals surface area contributed by atoms with Gasteiger partial charge in [0.05, 0.1) is 0 Å². The molecule has 1 unspecified atom stereocenters. The van der Waals surface area contributed by atoms with Gasteiger partial charge in [-0.2, -0.15) is 0 Å². The van der Waals surface area contributed by atoms with Gasteiger partial charge in [-0.1, -0.05) is 259 Å². The maximum atomic E-state index is 12.7. The smallest absolute Gasteiger partial charge is 0.306 e. The number of hydrogen-bond donors (Lipinski definition) is 0. The van der Waals surface area contributed by atoms with Gasteiger partial charge in [-0.3, -0.25) is 14.4 Å². The average Bonchev–Trinajstić information content (AvgIpc) is 3.23. The number of carbonyl (C=O) groups excluding carboxylic acids is 3. The average molecular weight is 849 g/mol. The third-order valence-corrected chi connectivity index (χ3v) is 12.6. The van der Waals surface area contributed by atoms with E-state index in [2.05, 4.69) is 34.6 Å². The fourth-order valence-electron chi connectivity index (χ4n) is 8.13. The van der Waals surface area contributed by atoms with E-state index in [1.165, 1.54) is 186 Å². The van der Waals surface area contributed by atoms with Gasteiger partial charge >= 0.3 is 17.9 Å². The minimum atomic E-state index is -0.762. The lowest BCUT2D eigenvalue weighted by Crippen LogP contribution is -2.30. The molecule has 60 heavy (non-hydrogen) atoms. The normalized spacial score (nSPS) is 12.5. The van der Waals surface area contributed by atoms with Crippen molar-refractivity contribution in [3.63, 3.8) is 0 Å². The maximum Gasteiger partial charge on any atom is 0.306 e. The topological polar surface area (TPSA) is 78.9 Å². The molecule has 2 atom stereocenters. The maximum absolute atomic E-state index is 12.7. The third-order valence-electron chi connectivity index (χ3n) is 12.6. The molecular weight excluding hydrogens is 745 g/mol. The Balaban J connectivity index is 4.22. The Hall–Kier alpha value is -1.59. The van der Waals surface area contributed by atoms with Crippen LogP contribution in [0.4, 0.5) is 0 Å². The van der Waals surface area contributed by atoms with Crippen molar-refractivity contribution < 1.29 is 28.6 Å². The summed E-state index contributed by atoms with van der Waals surface area (Å²) >= 11 is 0. The number of unbranched alkanes of at least 4 members (excludes halogenated alkanes) is 32. The van der Waals surface area contributed by atoms with Crippen LogP contribution in [0.3, 0.4) is 0 Å². The molecule has 0 aliphatic heterocycles. The van der Waals surface area contributed by atoms with E-state index in [0.717, 1.165) is 69.6 Å². The van der Waals surface area contributed by atoms with Gasteiger partial charge < -0.3 is 14.2 Å². The first-order valence-corrected chi connectivity index (χ1v) is 26.8. The van der Waals surface area contributed by atoms with Gasteiger partial charge in [0.25, 0.3) is 0 Å². The molecule has 356 valence electrons. The summed E-state index contributed by atoms with van der Waals surface area (Å²) in [4.78, 5) is 37.9. The standard InChI is InChI=1S/C54H104O6/c1-6-8-9-10-11-12-13-14-15-19-22-25-28-34-39-44-52(55)58-47-51(60-54(57)46-41-36-31-30-32-37-42-49(3)4)48-59-53(56)45-40-35-29-26-23-20-17-16-18-21-24-27-33-38-43-50(5)7-2/h49-51H,6-48H2,1-5H3/t50?,51-/m0/s1. The summed E-state index contributed by atoms with van der Waals surface area (Å²) in [5.74, 6) is 0.803. The molecule has 0 rings (SSSR count). The lowest BCUT2D eigenvalue weighted by Gasteiger charge is -2.18. The molecule has 0 N–H and O–H groups in total. The number of rotatable bonds is 48. The fourth-order valence-corrected chi connectivity index (χ4v) is 8.13. The van der Waals surface area contributed by atoms with Gasteiger partial charge in [0, 0.05) is 19.3 Å².